The summed E-state index contributed by atoms with van der Waals surface area (Å²) in [6.45, 7) is 7.18. The van der Waals surface area contributed by atoms with Crippen LogP contribution in [-0.2, 0) is 6.54 Å². The Labute approximate surface area is 156 Å². The molecule has 2 N–H and O–H groups in total. The number of benzene rings is 1. The molecule has 0 bridgehead atoms. The predicted molar refractivity (Wildman–Crippen MR) is 100 cm³/mol. The maximum Gasteiger partial charge on any atom is 0.273 e. The number of amides is 1. The molecule has 0 aliphatic heterocycles. The van der Waals surface area contributed by atoms with Crippen LogP contribution in [0.2, 0.25) is 0 Å². The lowest BCUT2D eigenvalue weighted by Crippen LogP contribution is -2.23. The highest BCUT2D eigenvalue weighted by atomic mass is 79.9. The maximum absolute atomic E-state index is 12.2. The van der Waals surface area contributed by atoms with Gasteiger partial charge in [-0.15, -0.1) is 0 Å². The van der Waals surface area contributed by atoms with Crippen LogP contribution < -0.4 is 14.8 Å². The number of nitrogens with zero attached hydrogens (tertiary/aromatic N) is 1. The van der Waals surface area contributed by atoms with Gasteiger partial charge in [-0.1, -0.05) is 19.9 Å². The molecule has 1 aromatic heterocycles. The van der Waals surface area contributed by atoms with Gasteiger partial charge >= 0.3 is 0 Å². The molecule has 7 heteroatoms. The van der Waals surface area contributed by atoms with Gasteiger partial charge in [0.05, 0.1) is 18.2 Å². The summed E-state index contributed by atoms with van der Waals surface area (Å²) in [4.78, 5) is 12.2. The van der Waals surface area contributed by atoms with Gasteiger partial charge < -0.3 is 14.8 Å². The number of aromatic nitrogens is 2. The summed E-state index contributed by atoms with van der Waals surface area (Å²) in [7, 11) is 1.61. The molecule has 2 rings (SSSR count). The lowest BCUT2D eigenvalue weighted by Gasteiger charge is -2.13. The highest BCUT2D eigenvalue weighted by molar-refractivity contribution is 9.10. The van der Waals surface area contributed by atoms with Crippen molar-refractivity contribution in [2.75, 3.05) is 13.7 Å². The Balaban J connectivity index is 1.98. The fraction of sp³-hybridized carbons (Fsp3) is 0.444. The van der Waals surface area contributed by atoms with Crippen LogP contribution in [0.4, 0.5) is 0 Å². The van der Waals surface area contributed by atoms with E-state index in [0.717, 1.165) is 17.7 Å². The number of hydrogen-bond donors (Lipinski definition) is 2. The number of carbonyl (C=O) groups is 1. The number of carbonyl (C=O) groups excluding carboxylic acids is 1. The van der Waals surface area contributed by atoms with E-state index in [1.54, 1.807) is 7.11 Å². The summed E-state index contributed by atoms with van der Waals surface area (Å²) in [5, 5.41) is 9.62. The summed E-state index contributed by atoms with van der Waals surface area (Å²) < 4.78 is 11.8. The van der Waals surface area contributed by atoms with E-state index in [0.29, 0.717) is 40.7 Å². The molecule has 0 aliphatic rings. The molecule has 136 valence electrons. The lowest BCUT2D eigenvalue weighted by molar-refractivity contribution is 0.0945. The van der Waals surface area contributed by atoms with Crippen LogP contribution in [0.15, 0.2) is 22.7 Å². The molecule has 0 atom stereocenters. The maximum atomic E-state index is 12.2. The molecule has 1 aromatic carbocycles. The Bertz CT molecular complexity index is 728. The van der Waals surface area contributed by atoms with Gasteiger partial charge in [0.1, 0.15) is 0 Å². The number of halogens is 1. The molecule has 1 heterocycles. The molecule has 0 saturated carbocycles. The molecule has 0 radical (unpaired) electrons. The molecule has 0 aliphatic carbocycles. The third-order valence-corrected chi connectivity index (χ3v) is 4.69. The summed E-state index contributed by atoms with van der Waals surface area (Å²) >= 11 is 3.35. The summed E-state index contributed by atoms with van der Waals surface area (Å²) in [5.74, 6) is 1.72. The third kappa shape index (κ3) is 5.22. The van der Waals surface area contributed by atoms with Gasteiger partial charge in [0, 0.05) is 12.2 Å². The molecule has 0 fully saturated rings. The molecule has 2 aromatic rings. The van der Waals surface area contributed by atoms with E-state index in [1.807, 2.05) is 25.1 Å². The smallest absolute Gasteiger partial charge is 0.273 e. The topological polar surface area (TPSA) is 76.2 Å². The van der Waals surface area contributed by atoms with Crippen molar-refractivity contribution >= 4 is 21.8 Å². The van der Waals surface area contributed by atoms with E-state index >= 15 is 0 Å². The van der Waals surface area contributed by atoms with Crippen LogP contribution in [0.3, 0.4) is 0 Å². The zero-order chi connectivity index (χ0) is 18.4. The molecule has 0 unspecified atom stereocenters. The van der Waals surface area contributed by atoms with Crippen LogP contribution in [0, 0.1) is 12.8 Å². The number of rotatable bonds is 8. The average molecular weight is 410 g/mol. The van der Waals surface area contributed by atoms with Crippen molar-refractivity contribution in [3.63, 3.8) is 0 Å². The second-order valence-corrected chi connectivity index (χ2v) is 7.00. The van der Waals surface area contributed by atoms with E-state index in [1.165, 1.54) is 0 Å². The largest absolute Gasteiger partial charge is 0.493 e. The number of methoxy groups -OCH3 is 1. The highest BCUT2D eigenvalue weighted by Gasteiger charge is 2.15. The number of nitrogens with one attached hydrogen (secondary N) is 2. The number of hydrogen-bond acceptors (Lipinski definition) is 4. The van der Waals surface area contributed by atoms with E-state index < -0.39 is 0 Å². The monoisotopic (exact) mass is 409 g/mol. The highest BCUT2D eigenvalue weighted by Crippen LogP contribution is 2.28. The zero-order valence-corrected chi connectivity index (χ0v) is 16.6. The Hall–Kier alpha value is -2.02. The minimum atomic E-state index is -0.243. The van der Waals surface area contributed by atoms with Gasteiger partial charge in [0.25, 0.3) is 5.91 Å². The van der Waals surface area contributed by atoms with Crippen molar-refractivity contribution in [1.82, 2.24) is 15.5 Å². The van der Waals surface area contributed by atoms with Crippen LogP contribution >= 0.6 is 15.9 Å². The van der Waals surface area contributed by atoms with Crippen molar-refractivity contribution in [3.05, 3.63) is 39.6 Å². The lowest BCUT2D eigenvalue weighted by atomic mass is 10.1. The van der Waals surface area contributed by atoms with Gasteiger partial charge in [-0.3, -0.25) is 9.89 Å². The Morgan fingerprint density at radius 1 is 1.36 bits per heavy atom. The first-order valence-electron chi connectivity index (χ1n) is 8.20. The Morgan fingerprint density at radius 3 is 2.72 bits per heavy atom. The SMILES string of the molecule is COc1cc(CNC(=O)c2n[nH]c(C)c2Br)ccc1OCCC(C)C. The number of ether oxygens (including phenoxy) is 2. The first-order valence-corrected chi connectivity index (χ1v) is 9.00. The number of aromatic amines is 1. The summed E-state index contributed by atoms with van der Waals surface area (Å²) in [5.41, 5.74) is 2.08. The molecule has 25 heavy (non-hydrogen) atoms. The van der Waals surface area contributed by atoms with Crippen molar-refractivity contribution in [2.24, 2.45) is 5.92 Å². The van der Waals surface area contributed by atoms with Crippen molar-refractivity contribution in [2.45, 2.75) is 33.7 Å². The standard InChI is InChI=1S/C18H24BrN3O3/c1-11(2)7-8-25-14-6-5-13(9-15(14)24-4)10-20-18(23)17-16(19)12(3)21-22-17/h5-6,9,11H,7-8,10H2,1-4H3,(H,20,23)(H,21,22). The van der Waals surface area contributed by atoms with Crippen LogP contribution in [0.1, 0.15) is 42.0 Å². The molecular weight excluding hydrogens is 386 g/mol. The van der Waals surface area contributed by atoms with E-state index in [4.69, 9.17) is 9.47 Å². The predicted octanol–water partition coefficient (Wildman–Crippen LogP) is 3.84. The fourth-order valence-electron chi connectivity index (χ4n) is 2.18. The average Bonchev–Trinajstić information content (AvgIpc) is 2.92. The second kappa shape index (κ2) is 8.89. The van der Waals surface area contributed by atoms with Crippen LogP contribution in [0.25, 0.3) is 0 Å². The Morgan fingerprint density at radius 2 is 2.12 bits per heavy atom. The molecule has 6 nitrogen and oxygen atoms in total. The second-order valence-electron chi connectivity index (χ2n) is 6.21. The van der Waals surface area contributed by atoms with E-state index in [-0.39, 0.29) is 5.91 Å². The molecule has 0 spiro atoms. The third-order valence-electron chi connectivity index (χ3n) is 3.72. The van der Waals surface area contributed by atoms with Crippen molar-refractivity contribution in [3.8, 4) is 11.5 Å². The molecular formula is C18H24BrN3O3. The van der Waals surface area contributed by atoms with Gasteiger partial charge in [0.2, 0.25) is 0 Å². The van der Waals surface area contributed by atoms with Gasteiger partial charge in [-0.25, -0.2) is 0 Å². The Kier molecular flexibility index (Phi) is 6.87. The van der Waals surface area contributed by atoms with Crippen molar-refractivity contribution in [1.29, 1.82) is 0 Å². The quantitative estimate of drug-likeness (QED) is 0.693. The summed E-state index contributed by atoms with van der Waals surface area (Å²) in [6.07, 6.45) is 0.985. The van der Waals surface area contributed by atoms with Crippen molar-refractivity contribution < 1.29 is 14.3 Å². The first kappa shape index (κ1) is 19.3. The van der Waals surface area contributed by atoms with E-state index in [9.17, 15) is 4.79 Å². The van der Waals surface area contributed by atoms with Gasteiger partial charge in [0.15, 0.2) is 17.2 Å². The van der Waals surface area contributed by atoms with Gasteiger partial charge in [-0.05, 0) is 52.9 Å². The zero-order valence-electron chi connectivity index (χ0n) is 15.0. The molecule has 0 saturated heterocycles. The van der Waals surface area contributed by atoms with E-state index in [2.05, 4.69) is 45.3 Å². The van der Waals surface area contributed by atoms with Gasteiger partial charge in [-0.2, -0.15) is 5.10 Å². The first-order chi connectivity index (χ1) is 11.9. The summed E-state index contributed by atoms with van der Waals surface area (Å²) in [6, 6.07) is 5.66. The molecule has 1 amide bonds. The minimum absolute atomic E-state index is 0.243. The number of aryl methyl sites for hydroxylation is 1. The normalized spacial score (nSPS) is 10.8. The minimum Gasteiger partial charge on any atom is -0.493 e. The van der Waals surface area contributed by atoms with Crippen LogP contribution in [-0.4, -0.2) is 29.8 Å². The number of H-pyrrole nitrogens is 1. The fourth-order valence-corrected chi connectivity index (χ4v) is 2.54. The van der Waals surface area contributed by atoms with Crippen LogP contribution in [0.5, 0.6) is 11.5 Å².